The number of piperidine rings is 1. The van der Waals surface area contributed by atoms with Crippen molar-refractivity contribution in [2.75, 3.05) is 19.6 Å². The van der Waals surface area contributed by atoms with Gasteiger partial charge in [0.05, 0.1) is 15.5 Å². The molecule has 5 rings (SSSR count). The maximum Gasteiger partial charge on any atom is 0.303 e. The van der Waals surface area contributed by atoms with Gasteiger partial charge in [-0.15, -0.1) is 0 Å². The minimum atomic E-state index is -3.72. The fraction of sp³-hybridized carbons (Fsp3) is 0.333. The molecule has 0 bridgehead atoms. The van der Waals surface area contributed by atoms with Crippen molar-refractivity contribution in [3.05, 3.63) is 71.3 Å². The second kappa shape index (κ2) is 12.5. The molecule has 42 heavy (non-hydrogen) atoms. The van der Waals surface area contributed by atoms with Crippen LogP contribution >= 0.6 is 24.0 Å². The molecule has 1 aromatic heterocycles. The number of aliphatic carboxylic acids is 1. The van der Waals surface area contributed by atoms with Crippen molar-refractivity contribution in [2.24, 2.45) is 11.8 Å². The van der Waals surface area contributed by atoms with E-state index in [1.807, 2.05) is 36.4 Å². The lowest BCUT2D eigenvalue weighted by Crippen LogP contribution is -2.42. The highest BCUT2D eigenvalue weighted by molar-refractivity contribution is 8.26. The summed E-state index contributed by atoms with van der Waals surface area (Å²) in [5.41, 5.74) is 2.55. The molecule has 1 N–H and O–H groups in total. The van der Waals surface area contributed by atoms with E-state index in [-0.39, 0.29) is 35.6 Å². The molecular weight excluding hydrogens is 593 g/mol. The minimum Gasteiger partial charge on any atom is -0.481 e. The summed E-state index contributed by atoms with van der Waals surface area (Å²) in [7, 11) is -3.72. The van der Waals surface area contributed by atoms with E-state index in [2.05, 4.69) is 13.8 Å². The summed E-state index contributed by atoms with van der Waals surface area (Å²) in [5.74, 6) is -0.661. The van der Waals surface area contributed by atoms with Gasteiger partial charge in [-0.25, -0.2) is 13.1 Å². The summed E-state index contributed by atoms with van der Waals surface area (Å²) in [6.07, 6.45) is 4.75. The second-order valence-electron chi connectivity index (χ2n) is 10.8. The molecule has 2 aliphatic rings. The molecule has 0 aliphatic carbocycles. The van der Waals surface area contributed by atoms with Crippen LogP contribution in [0.3, 0.4) is 0 Å². The first-order valence-electron chi connectivity index (χ1n) is 13.8. The van der Waals surface area contributed by atoms with Crippen LogP contribution in [-0.4, -0.2) is 68.3 Å². The van der Waals surface area contributed by atoms with Gasteiger partial charge in [0.1, 0.15) is 10.0 Å². The number of carbonyl (C=O) groups excluding carboxylic acids is 1. The van der Waals surface area contributed by atoms with Crippen LogP contribution in [0.15, 0.2) is 70.6 Å². The summed E-state index contributed by atoms with van der Waals surface area (Å²) >= 11 is 6.58. The average molecular weight is 625 g/mol. The molecule has 220 valence electrons. The average Bonchev–Trinajstić information content (AvgIpc) is 3.49. The van der Waals surface area contributed by atoms with Crippen molar-refractivity contribution >= 4 is 56.3 Å². The zero-order valence-electron chi connectivity index (χ0n) is 23.3. The molecular formula is C30H32N4O5S3. The summed E-state index contributed by atoms with van der Waals surface area (Å²) < 4.78 is 31.0. The molecule has 9 nitrogen and oxygen atoms in total. The first-order chi connectivity index (χ1) is 20.0. The van der Waals surface area contributed by atoms with E-state index >= 15 is 0 Å². The number of sulfonamides is 1. The Morgan fingerprint density at radius 3 is 2.52 bits per heavy atom. The van der Waals surface area contributed by atoms with Crippen LogP contribution in [0.25, 0.3) is 23.0 Å². The van der Waals surface area contributed by atoms with E-state index in [9.17, 15) is 18.0 Å². The van der Waals surface area contributed by atoms with E-state index in [1.165, 1.54) is 4.90 Å². The molecule has 0 radical (unpaired) electrons. The van der Waals surface area contributed by atoms with Gasteiger partial charge in [-0.2, -0.15) is 9.40 Å². The quantitative estimate of drug-likeness (QED) is 0.253. The molecule has 2 aliphatic heterocycles. The molecule has 3 heterocycles. The van der Waals surface area contributed by atoms with Crippen LogP contribution < -0.4 is 0 Å². The van der Waals surface area contributed by atoms with Crippen LogP contribution in [0.1, 0.15) is 38.7 Å². The van der Waals surface area contributed by atoms with Gasteiger partial charge in [-0.05, 0) is 55.0 Å². The van der Waals surface area contributed by atoms with Crippen LogP contribution in [0.5, 0.6) is 0 Å². The van der Waals surface area contributed by atoms with Crippen LogP contribution in [0.2, 0.25) is 0 Å². The number of benzene rings is 2. The summed E-state index contributed by atoms with van der Waals surface area (Å²) in [6, 6.07) is 16.3. The summed E-state index contributed by atoms with van der Waals surface area (Å²) in [6.45, 7) is 5.34. The lowest BCUT2D eigenvalue weighted by atomic mass is 9.94. The van der Waals surface area contributed by atoms with Crippen LogP contribution in [-0.2, 0) is 19.6 Å². The highest BCUT2D eigenvalue weighted by Crippen LogP contribution is 2.36. The van der Waals surface area contributed by atoms with E-state index in [0.717, 1.165) is 23.9 Å². The van der Waals surface area contributed by atoms with Crippen LogP contribution in [0.4, 0.5) is 0 Å². The molecule has 2 saturated heterocycles. The molecule has 1 amide bonds. The van der Waals surface area contributed by atoms with E-state index in [1.54, 1.807) is 39.5 Å². The van der Waals surface area contributed by atoms with Crippen molar-refractivity contribution < 1.29 is 23.1 Å². The highest BCUT2D eigenvalue weighted by Gasteiger charge is 2.33. The number of carboxylic acids is 1. The maximum absolute atomic E-state index is 13.7. The van der Waals surface area contributed by atoms with Gasteiger partial charge in [-0.1, -0.05) is 68.2 Å². The first-order valence-corrected chi connectivity index (χ1v) is 16.4. The molecule has 2 aromatic carbocycles. The molecule has 0 spiro atoms. The Morgan fingerprint density at radius 1 is 1.12 bits per heavy atom. The van der Waals surface area contributed by atoms with Crippen molar-refractivity contribution in [3.63, 3.8) is 0 Å². The Morgan fingerprint density at radius 2 is 1.83 bits per heavy atom. The first kappa shape index (κ1) is 30.1. The van der Waals surface area contributed by atoms with Crippen molar-refractivity contribution in [2.45, 2.75) is 38.0 Å². The topological polar surface area (TPSA) is 113 Å². The Hall–Kier alpha value is -3.32. The number of thiocarbonyl (C=S) groups is 1. The van der Waals surface area contributed by atoms with Gasteiger partial charge >= 0.3 is 5.97 Å². The molecule has 2 unspecified atom stereocenters. The maximum atomic E-state index is 13.7. The standard InChI is InChI=1S/C30H32N4O5S3/c1-20-14-21(2)18-32(17-20)42(38,39)25-11-6-8-22(15-25)28-23(19-34(31-28)24-9-4-3-5-10-24)16-26-29(37)33(30(40)41-26)13-7-12-27(35)36/h3-6,8-11,15-16,19-21H,7,12-14,17-18H2,1-2H3,(H,35,36). The molecule has 0 saturated carbocycles. The van der Waals surface area contributed by atoms with Crippen molar-refractivity contribution in [1.82, 2.24) is 19.0 Å². The highest BCUT2D eigenvalue weighted by atomic mass is 32.2. The normalized spacial score (nSPS) is 20.9. The lowest BCUT2D eigenvalue weighted by Gasteiger charge is -2.34. The molecule has 12 heteroatoms. The Kier molecular flexibility index (Phi) is 8.97. The van der Waals surface area contributed by atoms with E-state index in [0.29, 0.717) is 45.6 Å². The number of thioether (sulfide) groups is 1. The van der Waals surface area contributed by atoms with Crippen LogP contribution in [0, 0.1) is 11.8 Å². The van der Waals surface area contributed by atoms with E-state index in [4.69, 9.17) is 22.4 Å². The number of amides is 1. The Bertz CT molecular complexity index is 1640. The van der Waals surface area contributed by atoms with Gasteiger partial charge < -0.3 is 5.11 Å². The van der Waals surface area contributed by atoms with Gasteiger partial charge in [0.15, 0.2) is 0 Å². The number of carboxylic acid groups (broad SMARTS) is 1. The second-order valence-corrected chi connectivity index (χ2v) is 14.5. The predicted octanol–water partition coefficient (Wildman–Crippen LogP) is 5.27. The Labute approximate surface area is 255 Å². The van der Waals surface area contributed by atoms with Crippen molar-refractivity contribution in [3.8, 4) is 16.9 Å². The van der Waals surface area contributed by atoms with Gasteiger partial charge in [0.25, 0.3) is 5.91 Å². The minimum absolute atomic E-state index is 0.0569. The van der Waals surface area contributed by atoms with Gasteiger partial charge in [-0.3, -0.25) is 14.5 Å². The number of hydrogen-bond acceptors (Lipinski definition) is 7. The number of nitrogens with zero attached hydrogens (tertiary/aromatic N) is 4. The smallest absolute Gasteiger partial charge is 0.303 e. The third kappa shape index (κ3) is 6.51. The Balaban J connectivity index is 1.52. The number of aromatic nitrogens is 2. The third-order valence-electron chi connectivity index (χ3n) is 7.28. The number of para-hydroxylation sites is 1. The largest absolute Gasteiger partial charge is 0.481 e. The fourth-order valence-electron chi connectivity index (χ4n) is 5.41. The predicted molar refractivity (Wildman–Crippen MR) is 167 cm³/mol. The fourth-order valence-corrected chi connectivity index (χ4v) is 8.43. The van der Waals surface area contributed by atoms with E-state index < -0.39 is 16.0 Å². The third-order valence-corrected chi connectivity index (χ3v) is 10.5. The van der Waals surface area contributed by atoms with Gasteiger partial charge in [0, 0.05) is 43.4 Å². The number of hydrogen-bond donors (Lipinski definition) is 1. The molecule has 3 aromatic rings. The SMILES string of the molecule is CC1CC(C)CN(S(=O)(=O)c2cccc(-c3nn(-c4ccccc4)cc3C=C3SC(=S)N(CCCC(=O)O)C3=O)c2)C1. The monoisotopic (exact) mass is 624 g/mol. The number of carbonyl (C=O) groups is 2. The van der Waals surface area contributed by atoms with Crippen molar-refractivity contribution in [1.29, 1.82) is 0 Å². The number of rotatable bonds is 9. The van der Waals surface area contributed by atoms with Gasteiger partial charge in [0.2, 0.25) is 10.0 Å². The summed E-state index contributed by atoms with van der Waals surface area (Å²) in [5, 5.41) is 13.8. The lowest BCUT2D eigenvalue weighted by molar-refractivity contribution is -0.137. The summed E-state index contributed by atoms with van der Waals surface area (Å²) in [4.78, 5) is 26.2. The zero-order chi connectivity index (χ0) is 30.0. The molecule has 2 fully saturated rings. The zero-order valence-corrected chi connectivity index (χ0v) is 25.8. The molecule has 2 atom stereocenters.